The van der Waals surface area contributed by atoms with Crippen LogP contribution in [0.15, 0.2) is 53.4 Å². The number of carbonyl (C=O) groups is 2. The fourth-order valence-electron chi connectivity index (χ4n) is 2.14. The first-order valence-electron chi connectivity index (χ1n) is 7.90. The molecular formula is C19H20ClNO2S. The molecule has 0 bridgehead atoms. The van der Waals surface area contributed by atoms with E-state index in [0.717, 1.165) is 23.4 Å². The molecular weight excluding hydrogens is 342 g/mol. The molecule has 0 fully saturated rings. The fraction of sp³-hybridized carbons (Fsp3) is 0.263. The summed E-state index contributed by atoms with van der Waals surface area (Å²) in [4.78, 5) is 25.0. The SMILES string of the molecule is CCCCC(=O)Nc1cccc(SCC(=O)c2ccccc2Cl)c1. The summed E-state index contributed by atoms with van der Waals surface area (Å²) in [5, 5.41) is 3.36. The third-order valence-electron chi connectivity index (χ3n) is 3.42. The van der Waals surface area contributed by atoms with Crippen LogP contribution in [0.25, 0.3) is 0 Å². The van der Waals surface area contributed by atoms with E-state index in [1.54, 1.807) is 24.3 Å². The number of rotatable bonds is 8. The smallest absolute Gasteiger partial charge is 0.224 e. The summed E-state index contributed by atoms with van der Waals surface area (Å²) < 4.78 is 0. The second kappa shape index (κ2) is 9.50. The van der Waals surface area contributed by atoms with Crippen molar-refractivity contribution < 1.29 is 9.59 Å². The van der Waals surface area contributed by atoms with Crippen LogP contribution < -0.4 is 5.32 Å². The van der Waals surface area contributed by atoms with Gasteiger partial charge in [0, 0.05) is 22.6 Å². The van der Waals surface area contributed by atoms with E-state index in [2.05, 4.69) is 12.2 Å². The number of hydrogen-bond acceptors (Lipinski definition) is 3. The number of Topliss-reactive ketones (excluding diaryl/α,β-unsaturated/α-hetero) is 1. The molecule has 0 aliphatic carbocycles. The Morgan fingerprint density at radius 3 is 2.67 bits per heavy atom. The van der Waals surface area contributed by atoms with Gasteiger partial charge in [-0.05, 0) is 36.8 Å². The predicted molar refractivity (Wildman–Crippen MR) is 101 cm³/mol. The zero-order chi connectivity index (χ0) is 17.4. The number of hydrogen-bond donors (Lipinski definition) is 1. The van der Waals surface area contributed by atoms with E-state index in [9.17, 15) is 9.59 Å². The lowest BCUT2D eigenvalue weighted by molar-refractivity contribution is -0.116. The summed E-state index contributed by atoms with van der Waals surface area (Å²) in [7, 11) is 0. The Labute approximate surface area is 151 Å². The third kappa shape index (κ3) is 5.69. The summed E-state index contributed by atoms with van der Waals surface area (Å²) in [6.07, 6.45) is 2.40. The maximum absolute atomic E-state index is 12.2. The lowest BCUT2D eigenvalue weighted by Gasteiger charge is -2.07. The minimum atomic E-state index is -0.0111. The van der Waals surface area contributed by atoms with Gasteiger partial charge in [-0.25, -0.2) is 0 Å². The molecule has 1 N–H and O–H groups in total. The highest BCUT2D eigenvalue weighted by molar-refractivity contribution is 8.00. The number of unbranched alkanes of at least 4 members (excludes halogenated alkanes) is 1. The molecule has 0 heterocycles. The maximum atomic E-state index is 12.2. The molecule has 3 nitrogen and oxygen atoms in total. The Hall–Kier alpha value is -1.78. The second-order valence-corrected chi connectivity index (χ2v) is 6.83. The minimum Gasteiger partial charge on any atom is -0.326 e. The first-order valence-corrected chi connectivity index (χ1v) is 9.27. The number of ketones is 1. The molecule has 0 spiro atoms. The topological polar surface area (TPSA) is 46.2 Å². The summed E-state index contributed by atoms with van der Waals surface area (Å²) in [6, 6.07) is 14.6. The van der Waals surface area contributed by atoms with Gasteiger partial charge < -0.3 is 5.32 Å². The lowest BCUT2D eigenvalue weighted by Crippen LogP contribution is -2.10. The van der Waals surface area contributed by atoms with Crippen molar-refractivity contribution in [3.05, 3.63) is 59.1 Å². The first-order chi connectivity index (χ1) is 11.6. The highest BCUT2D eigenvalue weighted by Gasteiger charge is 2.10. The van der Waals surface area contributed by atoms with Crippen molar-refractivity contribution in [3.63, 3.8) is 0 Å². The van der Waals surface area contributed by atoms with Gasteiger partial charge in [0.15, 0.2) is 5.78 Å². The number of halogens is 1. The van der Waals surface area contributed by atoms with Gasteiger partial charge in [-0.1, -0.05) is 43.1 Å². The van der Waals surface area contributed by atoms with Crippen LogP contribution in [-0.2, 0) is 4.79 Å². The molecule has 24 heavy (non-hydrogen) atoms. The van der Waals surface area contributed by atoms with Gasteiger partial charge in [0.05, 0.1) is 10.8 Å². The molecule has 1 amide bonds. The highest BCUT2D eigenvalue weighted by atomic mass is 35.5. The van der Waals surface area contributed by atoms with Gasteiger partial charge in [-0.3, -0.25) is 9.59 Å². The highest BCUT2D eigenvalue weighted by Crippen LogP contribution is 2.24. The minimum absolute atomic E-state index is 0.0111. The van der Waals surface area contributed by atoms with Gasteiger partial charge in [0.1, 0.15) is 0 Å². The summed E-state index contributed by atoms with van der Waals surface area (Å²) in [5.41, 5.74) is 1.29. The van der Waals surface area contributed by atoms with E-state index in [1.165, 1.54) is 11.8 Å². The van der Waals surface area contributed by atoms with Crippen molar-refractivity contribution >= 4 is 40.7 Å². The van der Waals surface area contributed by atoms with E-state index < -0.39 is 0 Å². The van der Waals surface area contributed by atoms with Gasteiger partial charge in [0.2, 0.25) is 5.91 Å². The molecule has 2 aromatic rings. The van der Waals surface area contributed by atoms with Crippen LogP contribution in [0.2, 0.25) is 5.02 Å². The maximum Gasteiger partial charge on any atom is 0.224 e. The monoisotopic (exact) mass is 361 g/mol. The summed E-state index contributed by atoms with van der Waals surface area (Å²) >= 11 is 7.48. The number of carbonyl (C=O) groups excluding carboxylic acids is 2. The molecule has 0 saturated heterocycles. The Kier molecular flexibility index (Phi) is 7.35. The quantitative estimate of drug-likeness (QED) is 0.502. The van der Waals surface area contributed by atoms with Crippen molar-refractivity contribution in [1.29, 1.82) is 0 Å². The number of benzene rings is 2. The number of nitrogens with one attached hydrogen (secondary N) is 1. The molecule has 126 valence electrons. The number of anilines is 1. The van der Waals surface area contributed by atoms with E-state index in [-0.39, 0.29) is 11.7 Å². The van der Waals surface area contributed by atoms with Crippen molar-refractivity contribution in [3.8, 4) is 0 Å². The van der Waals surface area contributed by atoms with Crippen LogP contribution in [-0.4, -0.2) is 17.4 Å². The molecule has 0 unspecified atom stereocenters. The predicted octanol–water partition coefficient (Wildman–Crippen LogP) is 5.44. The Balaban J connectivity index is 1.93. The largest absolute Gasteiger partial charge is 0.326 e. The Morgan fingerprint density at radius 1 is 1.12 bits per heavy atom. The molecule has 5 heteroatoms. The van der Waals surface area contributed by atoms with E-state index >= 15 is 0 Å². The van der Waals surface area contributed by atoms with Crippen LogP contribution in [0.4, 0.5) is 5.69 Å². The Bertz CT molecular complexity index is 718. The molecule has 2 rings (SSSR count). The first kappa shape index (κ1) is 18.6. The number of amides is 1. The summed E-state index contributed by atoms with van der Waals surface area (Å²) in [5.74, 6) is 0.311. The molecule has 2 aromatic carbocycles. The van der Waals surface area contributed by atoms with Crippen molar-refractivity contribution in [1.82, 2.24) is 0 Å². The van der Waals surface area contributed by atoms with Crippen molar-refractivity contribution in [2.75, 3.05) is 11.1 Å². The van der Waals surface area contributed by atoms with E-state index in [1.807, 2.05) is 24.3 Å². The molecule has 0 aromatic heterocycles. The third-order valence-corrected chi connectivity index (χ3v) is 4.74. The Morgan fingerprint density at radius 2 is 1.92 bits per heavy atom. The summed E-state index contributed by atoms with van der Waals surface area (Å²) in [6.45, 7) is 2.06. The van der Waals surface area contributed by atoms with E-state index in [4.69, 9.17) is 11.6 Å². The zero-order valence-corrected chi connectivity index (χ0v) is 15.1. The second-order valence-electron chi connectivity index (χ2n) is 5.37. The molecule has 0 aliphatic rings. The number of thioether (sulfide) groups is 1. The van der Waals surface area contributed by atoms with E-state index in [0.29, 0.717) is 22.8 Å². The van der Waals surface area contributed by atoms with Crippen LogP contribution in [0.1, 0.15) is 36.5 Å². The average Bonchev–Trinajstić information content (AvgIpc) is 2.58. The standard InChI is InChI=1S/C19H20ClNO2S/c1-2-3-11-19(23)21-14-7-6-8-15(12-14)24-13-18(22)16-9-4-5-10-17(16)20/h4-10,12H,2-3,11,13H2,1H3,(H,21,23). The van der Waals surface area contributed by atoms with Gasteiger partial charge in [0.25, 0.3) is 0 Å². The molecule has 0 radical (unpaired) electrons. The molecule has 0 atom stereocenters. The van der Waals surface area contributed by atoms with Gasteiger partial charge >= 0.3 is 0 Å². The van der Waals surface area contributed by atoms with Crippen LogP contribution in [0, 0.1) is 0 Å². The molecule has 0 aliphatic heterocycles. The zero-order valence-electron chi connectivity index (χ0n) is 13.5. The average molecular weight is 362 g/mol. The van der Waals surface area contributed by atoms with Crippen molar-refractivity contribution in [2.45, 2.75) is 31.1 Å². The van der Waals surface area contributed by atoms with Crippen LogP contribution in [0.3, 0.4) is 0 Å². The van der Waals surface area contributed by atoms with Crippen LogP contribution >= 0.6 is 23.4 Å². The van der Waals surface area contributed by atoms with Gasteiger partial charge in [-0.15, -0.1) is 11.8 Å². The van der Waals surface area contributed by atoms with Gasteiger partial charge in [-0.2, -0.15) is 0 Å². The normalized spacial score (nSPS) is 10.4. The lowest BCUT2D eigenvalue weighted by atomic mass is 10.1. The molecule has 0 saturated carbocycles. The fourth-order valence-corrected chi connectivity index (χ4v) is 3.22. The van der Waals surface area contributed by atoms with Crippen molar-refractivity contribution in [2.24, 2.45) is 0 Å². The van der Waals surface area contributed by atoms with Crippen LogP contribution in [0.5, 0.6) is 0 Å².